The van der Waals surface area contributed by atoms with Crippen molar-refractivity contribution < 1.29 is 14.3 Å². The maximum absolute atomic E-state index is 11.4. The van der Waals surface area contributed by atoms with Crippen molar-refractivity contribution in [3.05, 3.63) is 59.8 Å². The molecule has 0 aliphatic carbocycles. The molecule has 4 heteroatoms. The van der Waals surface area contributed by atoms with Gasteiger partial charge in [-0.2, -0.15) is 0 Å². The first-order valence-corrected chi connectivity index (χ1v) is 7.00. The minimum atomic E-state index is 0.616. The molecule has 1 heterocycles. The van der Waals surface area contributed by atoms with Gasteiger partial charge in [-0.25, -0.2) is 0 Å². The van der Waals surface area contributed by atoms with Crippen molar-refractivity contribution in [2.75, 3.05) is 14.2 Å². The highest BCUT2D eigenvalue weighted by molar-refractivity contribution is 6.02. The Morgan fingerprint density at radius 3 is 2.50 bits per heavy atom. The van der Waals surface area contributed by atoms with Crippen molar-refractivity contribution >= 4 is 17.2 Å². The number of fused-ring (bicyclic) bond motifs is 1. The van der Waals surface area contributed by atoms with Crippen LogP contribution in [0.1, 0.15) is 15.9 Å². The predicted molar refractivity (Wildman–Crippen MR) is 86.0 cm³/mol. The molecule has 0 aliphatic heterocycles. The third-order valence-electron chi connectivity index (χ3n) is 3.73. The van der Waals surface area contributed by atoms with E-state index < -0.39 is 0 Å². The number of benzene rings is 2. The summed E-state index contributed by atoms with van der Waals surface area (Å²) in [7, 11) is 3.21. The van der Waals surface area contributed by atoms with Gasteiger partial charge in [0.1, 0.15) is 11.5 Å². The lowest BCUT2D eigenvalue weighted by Crippen LogP contribution is -1.98. The second kappa shape index (κ2) is 5.93. The first-order valence-electron chi connectivity index (χ1n) is 7.00. The van der Waals surface area contributed by atoms with E-state index in [0.717, 1.165) is 17.2 Å². The molecule has 0 radical (unpaired) electrons. The summed E-state index contributed by atoms with van der Waals surface area (Å²) in [4.78, 5) is 11.4. The van der Waals surface area contributed by atoms with Crippen molar-refractivity contribution in [1.82, 2.24) is 4.57 Å². The van der Waals surface area contributed by atoms with E-state index in [-0.39, 0.29) is 0 Å². The number of aldehydes is 1. The van der Waals surface area contributed by atoms with Gasteiger partial charge in [0.25, 0.3) is 0 Å². The smallest absolute Gasteiger partial charge is 0.152 e. The summed E-state index contributed by atoms with van der Waals surface area (Å²) >= 11 is 0. The van der Waals surface area contributed by atoms with Crippen LogP contribution in [0, 0.1) is 0 Å². The van der Waals surface area contributed by atoms with Gasteiger partial charge in [-0.15, -0.1) is 0 Å². The number of methoxy groups -OCH3 is 2. The van der Waals surface area contributed by atoms with Crippen molar-refractivity contribution in [2.45, 2.75) is 6.54 Å². The standard InChI is InChI=1S/C18H17NO3/c1-21-15-8-16-18(17(9-15)22-2)14(12-20)11-19(16)10-13-6-4-3-5-7-13/h3-9,11-12H,10H2,1-2H3. The third kappa shape index (κ3) is 2.44. The summed E-state index contributed by atoms with van der Waals surface area (Å²) in [5, 5.41) is 0.814. The zero-order valence-corrected chi connectivity index (χ0v) is 12.6. The molecule has 0 atom stereocenters. The molecule has 0 bridgehead atoms. The molecule has 3 aromatic rings. The fraction of sp³-hybridized carbons (Fsp3) is 0.167. The van der Waals surface area contributed by atoms with Crippen LogP contribution in [0.25, 0.3) is 10.9 Å². The molecular weight excluding hydrogens is 278 g/mol. The van der Waals surface area contributed by atoms with E-state index in [9.17, 15) is 4.79 Å². The van der Waals surface area contributed by atoms with Crippen molar-refractivity contribution in [3.63, 3.8) is 0 Å². The van der Waals surface area contributed by atoms with E-state index >= 15 is 0 Å². The van der Waals surface area contributed by atoms with Crippen LogP contribution >= 0.6 is 0 Å². The molecule has 0 fully saturated rings. The highest BCUT2D eigenvalue weighted by Crippen LogP contribution is 2.34. The topological polar surface area (TPSA) is 40.5 Å². The van der Waals surface area contributed by atoms with Crippen molar-refractivity contribution in [2.24, 2.45) is 0 Å². The minimum absolute atomic E-state index is 0.616. The van der Waals surface area contributed by atoms with E-state index in [4.69, 9.17) is 9.47 Å². The average molecular weight is 295 g/mol. The molecule has 2 aromatic carbocycles. The van der Waals surface area contributed by atoms with Crippen LogP contribution in [0.4, 0.5) is 0 Å². The SMILES string of the molecule is COc1cc(OC)c2c(C=O)cn(Cc3ccccc3)c2c1. The number of nitrogens with zero attached hydrogens (tertiary/aromatic N) is 1. The van der Waals surface area contributed by atoms with Gasteiger partial charge >= 0.3 is 0 Å². The van der Waals surface area contributed by atoms with Crippen LogP contribution < -0.4 is 9.47 Å². The average Bonchev–Trinajstić information content (AvgIpc) is 2.92. The Balaban J connectivity index is 2.19. The van der Waals surface area contributed by atoms with Crippen LogP contribution in [0.5, 0.6) is 11.5 Å². The molecule has 4 nitrogen and oxygen atoms in total. The summed E-state index contributed by atoms with van der Waals surface area (Å²) in [6, 6.07) is 13.8. The van der Waals surface area contributed by atoms with E-state index in [2.05, 4.69) is 12.1 Å². The quantitative estimate of drug-likeness (QED) is 0.676. The van der Waals surface area contributed by atoms with Gasteiger partial charge in [-0.05, 0) is 5.56 Å². The van der Waals surface area contributed by atoms with E-state index in [1.807, 2.05) is 35.0 Å². The normalized spacial score (nSPS) is 10.6. The van der Waals surface area contributed by atoms with Gasteiger partial charge < -0.3 is 14.0 Å². The largest absolute Gasteiger partial charge is 0.497 e. The van der Waals surface area contributed by atoms with Gasteiger partial charge in [-0.3, -0.25) is 4.79 Å². The second-order valence-corrected chi connectivity index (χ2v) is 5.04. The minimum Gasteiger partial charge on any atom is -0.497 e. The van der Waals surface area contributed by atoms with Crippen LogP contribution in [-0.2, 0) is 6.54 Å². The van der Waals surface area contributed by atoms with Gasteiger partial charge in [0.15, 0.2) is 6.29 Å². The molecule has 0 N–H and O–H groups in total. The molecule has 3 rings (SSSR count). The molecule has 0 amide bonds. The lowest BCUT2D eigenvalue weighted by atomic mass is 10.1. The molecule has 0 unspecified atom stereocenters. The van der Waals surface area contributed by atoms with Crippen LogP contribution in [0.3, 0.4) is 0 Å². The molecule has 0 aliphatic rings. The van der Waals surface area contributed by atoms with Crippen molar-refractivity contribution in [1.29, 1.82) is 0 Å². The highest BCUT2D eigenvalue weighted by Gasteiger charge is 2.15. The first-order chi connectivity index (χ1) is 10.8. The maximum Gasteiger partial charge on any atom is 0.152 e. The second-order valence-electron chi connectivity index (χ2n) is 5.04. The molecule has 1 aromatic heterocycles. The highest BCUT2D eigenvalue weighted by atomic mass is 16.5. The molecule has 0 spiro atoms. The summed E-state index contributed by atoms with van der Waals surface area (Å²) in [5.74, 6) is 1.34. The number of rotatable bonds is 5. The van der Waals surface area contributed by atoms with Gasteiger partial charge in [-0.1, -0.05) is 30.3 Å². The summed E-state index contributed by atoms with van der Waals surface area (Å²) in [6.45, 7) is 0.682. The predicted octanol–water partition coefficient (Wildman–Crippen LogP) is 3.52. The van der Waals surface area contributed by atoms with Gasteiger partial charge in [0.05, 0.1) is 25.1 Å². The Hall–Kier alpha value is -2.75. The Labute approximate surface area is 128 Å². The Kier molecular flexibility index (Phi) is 3.83. The van der Waals surface area contributed by atoms with E-state index in [1.165, 1.54) is 5.56 Å². The zero-order valence-electron chi connectivity index (χ0n) is 12.6. The van der Waals surface area contributed by atoms with Gasteiger partial charge in [0.2, 0.25) is 0 Å². The van der Waals surface area contributed by atoms with E-state index in [0.29, 0.717) is 23.6 Å². The molecule has 0 saturated heterocycles. The van der Waals surface area contributed by atoms with Crippen molar-refractivity contribution in [3.8, 4) is 11.5 Å². The molecule has 22 heavy (non-hydrogen) atoms. The number of carbonyl (C=O) groups is 1. The number of ether oxygens (including phenoxy) is 2. The number of carbonyl (C=O) groups excluding carboxylic acids is 1. The fourth-order valence-corrected chi connectivity index (χ4v) is 2.67. The van der Waals surface area contributed by atoms with Gasteiger partial charge in [0, 0.05) is 30.4 Å². The molecule has 0 saturated carbocycles. The number of aromatic nitrogens is 1. The third-order valence-corrected chi connectivity index (χ3v) is 3.73. The number of hydrogen-bond acceptors (Lipinski definition) is 3. The zero-order chi connectivity index (χ0) is 15.5. The lowest BCUT2D eigenvalue weighted by Gasteiger charge is -2.09. The van der Waals surface area contributed by atoms with Crippen LogP contribution in [0.15, 0.2) is 48.7 Å². The summed E-state index contributed by atoms with van der Waals surface area (Å²) in [5.41, 5.74) is 2.70. The summed E-state index contributed by atoms with van der Waals surface area (Å²) < 4.78 is 12.8. The Morgan fingerprint density at radius 1 is 1.09 bits per heavy atom. The maximum atomic E-state index is 11.4. The van der Waals surface area contributed by atoms with Crippen LogP contribution in [-0.4, -0.2) is 25.1 Å². The Bertz CT molecular complexity index is 806. The monoisotopic (exact) mass is 295 g/mol. The van der Waals surface area contributed by atoms with E-state index in [1.54, 1.807) is 20.3 Å². The number of hydrogen-bond donors (Lipinski definition) is 0. The molecule has 112 valence electrons. The fourth-order valence-electron chi connectivity index (χ4n) is 2.67. The lowest BCUT2D eigenvalue weighted by molar-refractivity contribution is 0.112. The van der Waals surface area contributed by atoms with Crippen LogP contribution in [0.2, 0.25) is 0 Å². The Morgan fingerprint density at radius 2 is 1.86 bits per heavy atom. The first kappa shape index (κ1) is 14.2. The summed E-state index contributed by atoms with van der Waals surface area (Å²) in [6.07, 6.45) is 2.71. The molecular formula is C18H17NO3.